The summed E-state index contributed by atoms with van der Waals surface area (Å²) in [6.45, 7) is 5.31. The molecule has 1 aliphatic rings. The third-order valence-corrected chi connectivity index (χ3v) is 5.64. The summed E-state index contributed by atoms with van der Waals surface area (Å²) in [4.78, 5) is 2.50. The molecule has 1 aliphatic heterocycles. The van der Waals surface area contributed by atoms with Gasteiger partial charge in [-0.25, -0.2) is 0 Å². The largest absolute Gasteiger partial charge is 0.497 e. The molecule has 1 N–H and O–H groups in total. The molecule has 2 aromatic carbocycles. The van der Waals surface area contributed by atoms with E-state index in [0.29, 0.717) is 0 Å². The maximum Gasteiger partial charge on any atom is 0.118 e. The topological polar surface area (TPSA) is 32.7 Å². The maximum absolute atomic E-state index is 12.0. The van der Waals surface area contributed by atoms with Crippen molar-refractivity contribution in [2.45, 2.75) is 44.1 Å². The molecule has 1 heterocycles. The molecule has 3 nitrogen and oxygen atoms in total. The third kappa shape index (κ3) is 4.11. The SMILES string of the molecule is CCC[C@@](O)(c1ccc(OC)cc1)[C@@H](CN1CCCC1)c1ccccc1. The molecule has 2 atom stereocenters. The third-order valence-electron chi connectivity index (χ3n) is 5.64. The number of likely N-dealkylation sites (tertiary alicyclic amines) is 1. The summed E-state index contributed by atoms with van der Waals surface area (Å²) in [6.07, 6.45) is 4.20. The number of rotatable bonds is 8. The summed E-state index contributed by atoms with van der Waals surface area (Å²) in [7, 11) is 1.67. The first-order valence-corrected chi connectivity index (χ1v) is 9.81. The summed E-state index contributed by atoms with van der Waals surface area (Å²) in [5.41, 5.74) is 1.31. The van der Waals surface area contributed by atoms with Gasteiger partial charge in [-0.05, 0) is 55.6 Å². The lowest BCUT2D eigenvalue weighted by atomic mass is 9.74. The number of nitrogens with zero attached hydrogens (tertiary/aromatic N) is 1. The Morgan fingerprint density at radius 3 is 2.27 bits per heavy atom. The monoisotopic (exact) mass is 353 g/mol. The summed E-state index contributed by atoms with van der Waals surface area (Å²) in [6, 6.07) is 18.5. The molecule has 0 amide bonds. The van der Waals surface area contributed by atoms with E-state index in [-0.39, 0.29) is 5.92 Å². The van der Waals surface area contributed by atoms with Gasteiger partial charge < -0.3 is 14.7 Å². The first kappa shape index (κ1) is 18.9. The molecule has 0 unspecified atom stereocenters. The van der Waals surface area contributed by atoms with Crippen molar-refractivity contribution >= 4 is 0 Å². The molecule has 0 bridgehead atoms. The Labute approximate surface area is 157 Å². The fourth-order valence-corrected chi connectivity index (χ4v) is 4.22. The van der Waals surface area contributed by atoms with Crippen LogP contribution in [0.15, 0.2) is 54.6 Å². The lowest BCUT2D eigenvalue weighted by Gasteiger charge is -2.39. The zero-order valence-corrected chi connectivity index (χ0v) is 16.0. The first-order valence-electron chi connectivity index (χ1n) is 9.81. The van der Waals surface area contributed by atoms with Crippen molar-refractivity contribution in [3.8, 4) is 5.75 Å². The highest BCUT2D eigenvalue weighted by molar-refractivity contribution is 5.35. The fourth-order valence-electron chi connectivity index (χ4n) is 4.22. The molecule has 1 saturated heterocycles. The molecule has 0 aromatic heterocycles. The minimum atomic E-state index is -0.884. The van der Waals surface area contributed by atoms with E-state index in [1.807, 2.05) is 30.3 Å². The van der Waals surface area contributed by atoms with Gasteiger partial charge in [0, 0.05) is 12.5 Å². The molecule has 2 aromatic rings. The molecule has 0 radical (unpaired) electrons. The minimum absolute atomic E-state index is 0.0511. The molecule has 1 fully saturated rings. The number of methoxy groups -OCH3 is 1. The second kappa shape index (κ2) is 8.70. The number of benzene rings is 2. The van der Waals surface area contributed by atoms with Crippen LogP contribution in [0.4, 0.5) is 0 Å². The Morgan fingerprint density at radius 2 is 1.69 bits per heavy atom. The Morgan fingerprint density at radius 1 is 1.04 bits per heavy atom. The normalized spacial score (nSPS) is 18.4. The molecule has 26 heavy (non-hydrogen) atoms. The van der Waals surface area contributed by atoms with Crippen LogP contribution in [-0.4, -0.2) is 36.8 Å². The predicted octanol–water partition coefficient (Wildman–Crippen LogP) is 4.56. The van der Waals surface area contributed by atoms with Crippen LogP contribution < -0.4 is 4.74 Å². The van der Waals surface area contributed by atoms with Crippen LogP contribution in [0.5, 0.6) is 5.75 Å². The Bertz CT molecular complexity index is 664. The van der Waals surface area contributed by atoms with Gasteiger partial charge in [0.05, 0.1) is 12.7 Å². The van der Waals surface area contributed by atoms with Gasteiger partial charge in [-0.3, -0.25) is 0 Å². The standard InChI is InChI=1S/C23H31NO2/c1-3-15-23(25,20-11-13-21(26-2)14-12-20)22(18-24-16-7-8-17-24)19-9-5-4-6-10-19/h4-6,9-14,22,25H,3,7-8,15-18H2,1-2H3/t22-,23+/m0/s1. The van der Waals surface area contributed by atoms with Crippen LogP contribution in [0.2, 0.25) is 0 Å². The lowest BCUT2D eigenvalue weighted by molar-refractivity contribution is -0.0117. The Kier molecular flexibility index (Phi) is 6.33. The van der Waals surface area contributed by atoms with Gasteiger partial charge in [-0.2, -0.15) is 0 Å². The van der Waals surface area contributed by atoms with Crippen LogP contribution >= 0.6 is 0 Å². The first-order chi connectivity index (χ1) is 12.7. The number of aliphatic hydroxyl groups is 1. The minimum Gasteiger partial charge on any atom is -0.497 e. The quantitative estimate of drug-likeness (QED) is 0.755. The van der Waals surface area contributed by atoms with Crippen LogP contribution in [0.25, 0.3) is 0 Å². The van der Waals surface area contributed by atoms with Crippen molar-refractivity contribution in [3.05, 3.63) is 65.7 Å². The van der Waals surface area contributed by atoms with E-state index in [4.69, 9.17) is 4.74 Å². The second-order valence-electron chi connectivity index (χ2n) is 7.37. The molecule has 3 rings (SSSR count). The molecule has 0 saturated carbocycles. The highest BCUT2D eigenvalue weighted by Gasteiger charge is 2.39. The van der Waals surface area contributed by atoms with Gasteiger partial charge in [-0.1, -0.05) is 55.8 Å². The van der Waals surface area contributed by atoms with Gasteiger partial charge >= 0.3 is 0 Å². The second-order valence-corrected chi connectivity index (χ2v) is 7.37. The van der Waals surface area contributed by atoms with Crippen LogP contribution in [0.3, 0.4) is 0 Å². The molecule has 0 aliphatic carbocycles. The molecule has 0 spiro atoms. The number of ether oxygens (including phenoxy) is 1. The van der Waals surface area contributed by atoms with E-state index in [0.717, 1.165) is 43.8 Å². The van der Waals surface area contributed by atoms with Crippen molar-refractivity contribution in [2.75, 3.05) is 26.7 Å². The van der Waals surface area contributed by atoms with Crippen LogP contribution in [0.1, 0.15) is 49.7 Å². The summed E-state index contributed by atoms with van der Waals surface area (Å²) in [5, 5.41) is 12.0. The maximum atomic E-state index is 12.0. The van der Waals surface area contributed by atoms with E-state index in [1.165, 1.54) is 18.4 Å². The van der Waals surface area contributed by atoms with E-state index >= 15 is 0 Å². The Hall–Kier alpha value is -1.84. The highest BCUT2D eigenvalue weighted by atomic mass is 16.5. The van der Waals surface area contributed by atoms with Crippen molar-refractivity contribution in [2.24, 2.45) is 0 Å². The van der Waals surface area contributed by atoms with Gasteiger partial charge in [0.2, 0.25) is 0 Å². The van der Waals surface area contributed by atoms with Crippen LogP contribution in [0, 0.1) is 0 Å². The zero-order valence-electron chi connectivity index (χ0n) is 16.0. The lowest BCUT2D eigenvalue weighted by Crippen LogP contribution is -2.40. The van der Waals surface area contributed by atoms with Crippen LogP contribution in [-0.2, 0) is 5.60 Å². The van der Waals surface area contributed by atoms with E-state index in [1.54, 1.807) is 7.11 Å². The van der Waals surface area contributed by atoms with E-state index in [9.17, 15) is 5.11 Å². The highest BCUT2D eigenvalue weighted by Crippen LogP contribution is 2.42. The van der Waals surface area contributed by atoms with E-state index in [2.05, 4.69) is 36.1 Å². The summed E-state index contributed by atoms with van der Waals surface area (Å²) in [5.74, 6) is 0.874. The fraction of sp³-hybridized carbons (Fsp3) is 0.478. The summed E-state index contributed by atoms with van der Waals surface area (Å²) >= 11 is 0. The smallest absolute Gasteiger partial charge is 0.118 e. The van der Waals surface area contributed by atoms with Gasteiger partial charge in [-0.15, -0.1) is 0 Å². The summed E-state index contributed by atoms with van der Waals surface area (Å²) < 4.78 is 5.30. The van der Waals surface area contributed by atoms with Crippen molar-refractivity contribution in [1.29, 1.82) is 0 Å². The number of hydrogen-bond acceptors (Lipinski definition) is 3. The van der Waals surface area contributed by atoms with Gasteiger partial charge in [0.1, 0.15) is 5.75 Å². The van der Waals surface area contributed by atoms with Crippen molar-refractivity contribution < 1.29 is 9.84 Å². The average Bonchev–Trinajstić information content (AvgIpc) is 3.20. The molecular weight excluding hydrogens is 322 g/mol. The van der Waals surface area contributed by atoms with Gasteiger partial charge in [0.25, 0.3) is 0 Å². The van der Waals surface area contributed by atoms with E-state index < -0.39 is 5.60 Å². The molecular formula is C23H31NO2. The Balaban J connectivity index is 1.99. The van der Waals surface area contributed by atoms with Crippen molar-refractivity contribution in [1.82, 2.24) is 4.90 Å². The number of hydrogen-bond donors (Lipinski definition) is 1. The molecule has 3 heteroatoms. The average molecular weight is 354 g/mol. The molecule has 140 valence electrons. The van der Waals surface area contributed by atoms with Gasteiger partial charge in [0.15, 0.2) is 0 Å². The van der Waals surface area contributed by atoms with Crippen molar-refractivity contribution in [3.63, 3.8) is 0 Å². The predicted molar refractivity (Wildman–Crippen MR) is 107 cm³/mol. The zero-order chi connectivity index (χ0) is 18.4.